The Morgan fingerprint density at radius 2 is 1.92 bits per heavy atom. The van der Waals surface area contributed by atoms with Crippen molar-refractivity contribution in [1.29, 1.82) is 0 Å². The van der Waals surface area contributed by atoms with Gasteiger partial charge in [-0.15, -0.1) is 0 Å². The van der Waals surface area contributed by atoms with Crippen LogP contribution in [0.1, 0.15) is 34.8 Å². The molecule has 0 spiro atoms. The van der Waals surface area contributed by atoms with Gasteiger partial charge < -0.3 is 9.64 Å². The zero-order chi connectivity index (χ0) is 17.4. The summed E-state index contributed by atoms with van der Waals surface area (Å²) < 4.78 is 4.95. The van der Waals surface area contributed by atoms with Crippen LogP contribution in [-0.2, 0) is 16.1 Å². The number of carbonyl (C=O) groups excluding carboxylic acids is 2. The summed E-state index contributed by atoms with van der Waals surface area (Å²) in [5.41, 5.74) is 2.62. The summed E-state index contributed by atoms with van der Waals surface area (Å²) in [5, 5.41) is 0. The number of carbonyl (C=O) groups is 2. The van der Waals surface area contributed by atoms with Crippen LogP contribution >= 0.6 is 0 Å². The monoisotopic (exact) mass is 326 g/mol. The molecule has 0 aliphatic carbocycles. The molecular weight excluding hydrogens is 304 g/mol. The molecule has 0 aliphatic heterocycles. The molecule has 5 heteroatoms. The summed E-state index contributed by atoms with van der Waals surface area (Å²) in [6.45, 7) is 4.79. The molecule has 0 atom stereocenters. The summed E-state index contributed by atoms with van der Waals surface area (Å²) in [6.07, 6.45) is 3.58. The topological polar surface area (TPSA) is 59.5 Å². The smallest absolute Gasteiger partial charge is 0.307 e. The third-order valence-electron chi connectivity index (χ3n) is 3.57. The average molecular weight is 326 g/mol. The van der Waals surface area contributed by atoms with E-state index in [-0.39, 0.29) is 18.3 Å². The average Bonchev–Trinajstić information content (AvgIpc) is 2.60. The molecule has 0 N–H and O–H groups in total. The number of amides is 1. The molecule has 0 bridgehead atoms. The SMILES string of the molecule is CCOC(=O)CCN(Cc1cccnc1)C(=O)c1ccc(C)cc1. The van der Waals surface area contributed by atoms with Crippen LogP contribution in [0.5, 0.6) is 0 Å². The van der Waals surface area contributed by atoms with Crippen molar-refractivity contribution in [3.05, 3.63) is 65.5 Å². The molecule has 0 saturated heterocycles. The van der Waals surface area contributed by atoms with E-state index in [0.29, 0.717) is 25.3 Å². The quantitative estimate of drug-likeness (QED) is 0.734. The van der Waals surface area contributed by atoms with Crippen LogP contribution in [0, 0.1) is 6.92 Å². The van der Waals surface area contributed by atoms with E-state index >= 15 is 0 Å². The van der Waals surface area contributed by atoms with Crippen molar-refractivity contribution >= 4 is 11.9 Å². The van der Waals surface area contributed by atoms with Gasteiger partial charge in [0.05, 0.1) is 13.0 Å². The second kappa shape index (κ2) is 8.82. The highest BCUT2D eigenvalue weighted by atomic mass is 16.5. The van der Waals surface area contributed by atoms with Crippen LogP contribution in [0.4, 0.5) is 0 Å². The minimum atomic E-state index is -0.301. The van der Waals surface area contributed by atoms with Crippen molar-refractivity contribution in [2.24, 2.45) is 0 Å². The third kappa shape index (κ3) is 5.19. The first-order valence-electron chi connectivity index (χ1n) is 8.00. The highest BCUT2D eigenvalue weighted by Gasteiger charge is 2.17. The molecule has 1 amide bonds. The Hall–Kier alpha value is -2.69. The molecule has 24 heavy (non-hydrogen) atoms. The molecule has 0 radical (unpaired) electrons. The minimum absolute atomic E-state index is 0.108. The number of benzene rings is 1. The number of rotatable bonds is 7. The van der Waals surface area contributed by atoms with E-state index < -0.39 is 0 Å². The molecule has 0 saturated carbocycles. The number of esters is 1. The van der Waals surface area contributed by atoms with E-state index in [2.05, 4.69) is 4.98 Å². The molecule has 126 valence electrons. The van der Waals surface area contributed by atoms with Crippen LogP contribution in [0.25, 0.3) is 0 Å². The van der Waals surface area contributed by atoms with Gasteiger partial charge in [-0.3, -0.25) is 14.6 Å². The van der Waals surface area contributed by atoms with Gasteiger partial charge in [0, 0.05) is 31.0 Å². The van der Waals surface area contributed by atoms with Crippen molar-refractivity contribution in [3.8, 4) is 0 Å². The highest BCUT2D eigenvalue weighted by Crippen LogP contribution is 2.11. The van der Waals surface area contributed by atoms with Gasteiger partial charge in [0.2, 0.25) is 0 Å². The van der Waals surface area contributed by atoms with E-state index in [1.807, 2.05) is 31.2 Å². The fourth-order valence-electron chi connectivity index (χ4n) is 2.30. The van der Waals surface area contributed by atoms with Gasteiger partial charge in [0.25, 0.3) is 5.91 Å². The van der Waals surface area contributed by atoms with Crippen LogP contribution < -0.4 is 0 Å². The van der Waals surface area contributed by atoms with Crippen molar-refractivity contribution in [1.82, 2.24) is 9.88 Å². The van der Waals surface area contributed by atoms with E-state index in [9.17, 15) is 9.59 Å². The van der Waals surface area contributed by atoms with Crippen LogP contribution in [0.3, 0.4) is 0 Å². The Bertz CT molecular complexity index is 669. The molecule has 1 aromatic heterocycles. The number of hydrogen-bond donors (Lipinski definition) is 0. The first-order valence-corrected chi connectivity index (χ1v) is 8.00. The molecule has 5 nitrogen and oxygen atoms in total. The highest BCUT2D eigenvalue weighted by molar-refractivity contribution is 5.94. The van der Waals surface area contributed by atoms with Crippen molar-refractivity contribution in [3.63, 3.8) is 0 Å². The minimum Gasteiger partial charge on any atom is -0.466 e. The molecular formula is C19H22N2O3. The fourth-order valence-corrected chi connectivity index (χ4v) is 2.30. The zero-order valence-electron chi connectivity index (χ0n) is 14.1. The predicted octanol–water partition coefficient (Wildman–Crippen LogP) is 2.99. The molecule has 0 aliphatic rings. The largest absolute Gasteiger partial charge is 0.466 e. The maximum absolute atomic E-state index is 12.8. The van der Waals surface area contributed by atoms with E-state index in [1.54, 1.807) is 36.4 Å². The molecule has 2 aromatic rings. The summed E-state index contributed by atoms with van der Waals surface area (Å²) in [7, 11) is 0. The summed E-state index contributed by atoms with van der Waals surface area (Å²) in [5.74, 6) is -0.409. The number of pyridine rings is 1. The number of ether oxygens (including phenoxy) is 1. The number of aryl methyl sites for hydroxylation is 1. The fraction of sp³-hybridized carbons (Fsp3) is 0.316. The van der Waals surface area contributed by atoms with Crippen LogP contribution in [0.2, 0.25) is 0 Å². The standard InChI is InChI=1S/C19H22N2O3/c1-3-24-18(22)10-12-21(14-16-5-4-11-20-13-16)19(23)17-8-6-15(2)7-9-17/h4-9,11,13H,3,10,12,14H2,1-2H3. The summed E-state index contributed by atoms with van der Waals surface area (Å²) in [4.78, 5) is 30.1. The van der Waals surface area contributed by atoms with Gasteiger partial charge >= 0.3 is 5.97 Å². The van der Waals surface area contributed by atoms with Crippen LogP contribution in [-0.4, -0.2) is 34.9 Å². The Kier molecular flexibility index (Phi) is 6.49. The first kappa shape index (κ1) is 17.7. The molecule has 0 fully saturated rings. The third-order valence-corrected chi connectivity index (χ3v) is 3.57. The number of nitrogens with zero attached hydrogens (tertiary/aromatic N) is 2. The van der Waals surface area contributed by atoms with Crippen molar-refractivity contribution < 1.29 is 14.3 Å². The maximum Gasteiger partial charge on any atom is 0.307 e. The van der Waals surface area contributed by atoms with Crippen molar-refractivity contribution in [2.45, 2.75) is 26.8 Å². The number of aromatic nitrogens is 1. The van der Waals surface area contributed by atoms with Gasteiger partial charge in [-0.05, 0) is 37.6 Å². The Balaban J connectivity index is 2.13. The second-order valence-corrected chi connectivity index (χ2v) is 5.51. The molecule has 0 unspecified atom stereocenters. The van der Waals surface area contributed by atoms with Gasteiger partial charge in [-0.25, -0.2) is 0 Å². The normalized spacial score (nSPS) is 10.2. The lowest BCUT2D eigenvalue weighted by atomic mass is 10.1. The lowest BCUT2D eigenvalue weighted by Gasteiger charge is -2.22. The van der Waals surface area contributed by atoms with Crippen molar-refractivity contribution in [2.75, 3.05) is 13.2 Å². The van der Waals surface area contributed by atoms with Gasteiger partial charge in [0.1, 0.15) is 0 Å². The first-order chi connectivity index (χ1) is 11.6. The maximum atomic E-state index is 12.8. The van der Waals surface area contributed by atoms with E-state index in [1.165, 1.54) is 0 Å². The second-order valence-electron chi connectivity index (χ2n) is 5.51. The number of hydrogen-bond acceptors (Lipinski definition) is 4. The van der Waals surface area contributed by atoms with Gasteiger partial charge in [0.15, 0.2) is 0 Å². The molecule has 1 aromatic carbocycles. The lowest BCUT2D eigenvalue weighted by molar-refractivity contribution is -0.143. The predicted molar refractivity (Wildman–Crippen MR) is 91.4 cm³/mol. The van der Waals surface area contributed by atoms with Crippen LogP contribution in [0.15, 0.2) is 48.8 Å². The lowest BCUT2D eigenvalue weighted by Crippen LogP contribution is -2.33. The molecule has 1 heterocycles. The summed E-state index contributed by atoms with van der Waals surface area (Å²) >= 11 is 0. The van der Waals surface area contributed by atoms with E-state index in [0.717, 1.165) is 11.1 Å². The Labute approximate surface area is 142 Å². The van der Waals surface area contributed by atoms with Gasteiger partial charge in [-0.1, -0.05) is 23.8 Å². The van der Waals surface area contributed by atoms with Gasteiger partial charge in [-0.2, -0.15) is 0 Å². The molecule has 2 rings (SSSR count). The Morgan fingerprint density at radius 1 is 1.17 bits per heavy atom. The Morgan fingerprint density at radius 3 is 2.54 bits per heavy atom. The summed E-state index contributed by atoms with van der Waals surface area (Å²) in [6, 6.07) is 11.2. The van der Waals surface area contributed by atoms with E-state index in [4.69, 9.17) is 4.74 Å². The zero-order valence-corrected chi connectivity index (χ0v) is 14.1.